The van der Waals surface area contributed by atoms with Crippen LogP contribution in [-0.2, 0) is 15.6 Å². The number of rotatable bonds is 6. The fourth-order valence-electron chi connectivity index (χ4n) is 2.65. The maximum Gasteiger partial charge on any atom is 0.339 e. The van der Waals surface area contributed by atoms with E-state index in [9.17, 15) is 18.3 Å². The molecule has 0 aliphatic carbocycles. The summed E-state index contributed by atoms with van der Waals surface area (Å²) in [5.74, 6) is -1.55. The lowest BCUT2D eigenvalue weighted by Gasteiger charge is -2.14. The van der Waals surface area contributed by atoms with E-state index in [-0.39, 0.29) is 21.8 Å². The average Bonchev–Trinajstić information content (AvgIpc) is 3.15. The number of carboxylic acid groups (broad SMARTS) is 1. The van der Waals surface area contributed by atoms with Crippen LogP contribution in [0.5, 0.6) is 5.75 Å². The number of aromatic carboxylic acids is 1. The Kier molecular flexibility index (Phi) is 5.06. The molecule has 0 radical (unpaired) electrons. The standard InChI is InChI=1S/C18H15NO5S2/c1-24-17-14(15-9-10-19-25-15)8-7-12(16(17)18(20)21)11-26(22,23)13-5-3-2-4-6-13/h2-10H,11H2,1H3,(H,20,21). The van der Waals surface area contributed by atoms with Crippen LogP contribution in [0.4, 0.5) is 0 Å². The Balaban J connectivity index is 2.12. The second kappa shape index (κ2) is 7.27. The van der Waals surface area contributed by atoms with Crippen molar-refractivity contribution in [2.24, 2.45) is 0 Å². The molecular weight excluding hydrogens is 374 g/mol. The van der Waals surface area contributed by atoms with E-state index >= 15 is 0 Å². The van der Waals surface area contributed by atoms with E-state index in [4.69, 9.17) is 4.74 Å². The highest BCUT2D eigenvalue weighted by molar-refractivity contribution is 7.90. The molecule has 0 atom stereocenters. The van der Waals surface area contributed by atoms with Gasteiger partial charge in [-0.2, -0.15) is 0 Å². The van der Waals surface area contributed by atoms with E-state index in [1.165, 1.54) is 36.8 Å². The quantitative estimate of drug-likeness (QED) is 0.694. The maximum absolute atomic E-state index is 12.6. The summed E-state index contributed by atoms with van der Waals surface area (Å²) in [6, 6.07) is 12.9. The van der Waals surface area contributed by atoms with Gasteiger partial charge in [-0.15, -0.1) is 0 Å². The number of aromatic nitrogens is 1. The van der Waals surface area contributed by atoms with Crippen molar-refractivity contribution in [2.75, 3.05) is 7.11 Å². The molecular formula is C18H15NO5S2. The summed E-state index contributed by atoms with van der Waals surface area (Å²) >= 11 is 1.20. The average molecular weight is 389 g/mol. The van der Waals surface area contributed by atoms with Gasteiger partial charge in [-0.05, 0) is 41.4 Å². The predicted molar refractivity (Wildman–Crippen MR) is 98.4 cm³/mol. The molecule has 0 unspecified atom stereocenters. The lowest BCUT2D eigenvalue weighted by Crippen LogP contribution is -2.11. The van der Waals surface area contributed by atoms with Gasteiger partial charge < -0.3 is 9.84 Å². The molecule has 0 aliphatic heterocycles. The number of methoxy groups -OCH3 is 1. The van der Waals surface area contributed by atoms with Gasteiger partial charge in [-0.25, -0.2) is 17.6 Å². The number of nitrogens with zero attached hydrogens (tertiary/aromatic N) is 1. The fourth-order valence-corrected chi connectivity index (χ4v) is 4.66. The number of sulfone groups is 1. The van der Waals surface area contributed by atoms with Gasteiger partial charge >= 0.3 is 5.97 Å². The molecule has 0 amide bonds. The van der Waals surface area contributed by atoms with Crippen molar-refractivity contribution in [1.29, 1.82) is 0 Å². The van der Waals surface area contributed by atoms with Gasteiger partial charge in [0.25, 0.3) is 0 Å². The zero-order valence-corrected chi connectivity index (χ0v) is 15.4. The van der Waals surface area contributed by atoms with Gasteiger partial charge in [0.05, 0.1) is 22.6 Å². The van der Waals surface area contributed by atoms with Crippen LogP contribution in [0.15, 0.2) is 59.6 Å². The summed E-state index contributed by atoms with van der Waals surface area (Å²) in [4.78, 5) is 12.7. The Morgan fingerprint density at radius 2 is 1.88 bits per heavy atom. The van der Waals surface area contributed by atoms with Crippen LogP contribution in [0.25, 0.3) is 10.4 Å². The molecule has 2 aromatic carbocycles. The van der Waals surface area contributed by atoms with Gasteiger partial charge in [0.2, 0.25) is 0 Å². The monoisotopic (exact) mass is 389 g/mol. The molecule has 134 valence electrons. The number of benzene rings is 2. The van der Waals surface area contributed by atoms with Crippen LogP contribution >= 0.6 is 11.5 Å². The van der Waals surface area contributed by atoms with Crippen LogP contribution in [0.3, 0.4) is 0 Å². The Morgan fingerprint density at radius 1 is 1.15 bits per heavy atom. The van der Waals surface area contributed by atoms with Crippen molar-refractivity contribution in [1.82, 2.24) is 4.37 Å². The Hall–Kier alpha value is -2.71. The Morgan fingerprint density at radius 3 is 2.46 bits per heavy atom. The number of hydrogen-bond acceptors (Lipinski definition) is 6. The van der Waals surface area contributed by atoms with Crippen LogP contribution in [0, 0.1) is 0 Å². The summed E-state index contributed by atoms with van der Waals surface area (Å²) in [5, 5.41) is 9.68. The highest BCUT2D eigenvalue weighted by Crippen LogP contribution is 2.37. The number of carboxylic acids is 1. The lowest BCUT2D eigenvalue weighted by atomic mass is 10.0. The van der Waals surface area contributed by atoms with Crippen molar-refractivity contribution < 1.29 is 23.1 Å². The number of hydrogen-bond donors (Lipinski definition) is 1. The molecule has 0 spiro atoms. The molecule has 1 N–H and O–H groups in total. The molecule has 3 rings (SSSR count). The van der Waals surface area contributed by atoms with Gasteiger partial charge in [0.15, 0.2) is 9.84 Å². The van der Waals surface area contributed by atoms with E-state index in [1.807, 2.05) is 0 Å². The van der Waals surface area contributed by atoms with Crippen LogP contribution in [0.2, 0.25) is 0 Å². The molecule has 6 nitrogen and oxygen atoms in total. The van der Waals surface area contributed by atoms with Gasteiger partial charge in [-0.1, -0.05) is 24.3 Å². The summed E-state index contributed by atoms with van der Waals surface area (Å²) in [6.07, 6.45) is 1.60. The Bertz CT molecular complexity index is 1030. The van der Waals surface area contributed by atoms with Gasteiger partial charge in [-0.3, -0.25) is 0 Å². The fraction of sp³-hybridized carbons (Fsp3) is 0.111. The molecule has 3 aromatic rings. The number of ether oxygens (including phenoxy) is 1. The normalized spacial score (nSPS) is 11.3. The molecule has 0 aliphatic rings. The molecule has 0 fully saturated rings. The van der Waals surface area contributed by atoms with Crippen molar-refractivity contribution in [3.05, 3.63) is 65.9 Å². The van der Waals surface area contributed by atoms with E-state index in [0.717, 1.165) is 4.88 Å². The van der Waals surface area contributed by atoms with Crippen molar-refractivity contribution in [3.63, 3.8) is 0 Å². The first-order chi connectivity index (χ1) is 12.4. The van der Waals surface area contributed by atoms with Crippen LogP contribution in [-0.4, -0.2) is 31.0 Å². The van der Waals surface area contributed by atoms with E-state index in [1.54, 1.807) is 36.5 Å². The van der Waals surface area contributed by atoms with E-state index in [2.05, 4.69) is 4.37 Å². The second-order valence-corrected chi connectivity index (χ2v) is 8.26. The minimum absolute atomic E-state index is 0.127. The molecule has 8 heteroatoms. The molecule has 26 heavy (non-hydrogen) atoms. The SMILES string of the molecule is COc1c(-c2ccns2)ccc(CS(=O)(=O)c2ccccc2)c1C(=O)O. The van der Waals surface area contributed by atoms with Crippen LogP contribution < -0.4 is 4.74 Å². The molecule has 1 aromatic heterocycles. The van der Waals surface area contributed by atoms with Crippen molar-refractivity contribution in [3.8, 4) is 16.2 Å². The summed E-state index contributed by atoms with van der Waals surface area (Å²) in [6.45, 7) is 0. The van der Waals surface area contributed by atoms with E-state index in [0.29, 0.717) is 5.56 Å². The summed E-state index contributed by atoms with van der Waals surface area (Å²) < 4.78 is 34.6. The topological polar surface area (TPSA) is 93.6 Å². The first kappa shape index (κ1) is 18.1. The van der Waals surface area contributed by atoms with Crippen LogP contribution in [0.1, 0.15) is 15.9 Å². The first-order valence-corrected chi connectivity index (χ1v) is 9.98. The Labute approximate surface area is 154 Å². The van der Waals surface area contributed by atoms with E-state index < -0.39 is 21.6 Å². The van der Waals surface area contributed by atoms with Gasteiger partial charge in [0, 0.05) is 11.8 Å². The largest absolute Gasteiger partial charge is 0.495 e. The third kappa shape index (κ3) is 3.47. The predicted octanol–water partition coefficient (Wildman–Crippen LogP) is 3.49. The third-order valence-corrected chi connectivity index (χ3v) is 6.27. The van der Waals surface area contributed by atoms with Gasteiger partial charge in [0.1, 0.15) is 11.3 Å². The second-order valence-electron chi connectivity index (χ2n) is 5.43. The van der Waals surface area contributed by atoms with Crippen molar-refractivity contribution in [2.45, 2.75) is 10.6 Å². The minimum Gasteiger partial charge on any atom is -0.495 e. The zero-order valence-electron chi connectivity index (χ0n) is 13.7. The highest BCUT2D eigenvalue weighted by Gasteiger charge is 2.25. The lowest BCUT2D eigenvalue weighted by molar-refractivity contribution is 0.0692. The molecule has 0 saturated heterocycles. The summed E-state index contributed by atoms with van der Waals surface area (Å²) in [5.41, 5.74) is 0.581. The maximum atomic E-state index is 12.6. The molecule has 0 bridgehead atoms. The first-order valence-electron chi connectivity index (χ1n) is 7.56. The zero-order chi connectivity index (χ0) is 18.7. The van der Waals surface area contributed by atoms with Crippen molar-refractivity contribution >= 4 is 27.3 Å². The smallest absolute Gasteiger partial charge is 0.339 e. The number of carbonyl (C=O) groups is 1. The third-order valence-electron chi connectivity index (χ3n) is 3.81. The highest BCUT2D eigenvalue weighted by atomic mass is 32.2. The molecule has 0 saturated carbocycles. The summed E-state index contributed by atoms with van der Waals surface area (Å²) in [7, 11) is -2.33. The minimum atomic E-state index is -3.69. The molecule has 1 heterocycles.